The minimum Gasteiger partial charge on any atom is -0.504 e. The fraction of sp³-hybridized carbons (Fsp3) is 0.176. The quantitative estimate of drug-likeness (QED) is 0.601. The third-order valence-electron chi connectivity index (χ3n) is 2.90. The molecule has 0 aromatic heterocycles. The highest BCUT2D eigenvalue weighted by Gasteiger charge is 1.99. The normalized spacial score (nSPS) is 10.1. The molecule has 0 aliphatic rings. The highest BCUT2D eigenvalue weighted by Crippen LogP contribution is 2.24. The molecule has 2 rings (SSSR count). The number of benzene rings is 2. The number of hydrogen-bond donors (Lipinski definition) is 2. The second-order valence-electron chi connectivity index (χ2n) is 4.73. The molecular formula is C17H16O2. The van der Waals surface area contributed by atoms with E-state index >= 15 is 0 Å². The number of aromatic hydroxyl groups is 2. The number of hydrogen-bond acceptors (Lipinski definition) is 2. The van der Waals surface area contributed by atoms with Gasteiger partial charge in [0.2, 0.25) is 0 Å². The summed E-state index contributed by atoms with van der Waals surface area (Å²) >= 11 is 0. The van der Waals surface area contributed by atoms with Gasteiger partial charge in [-0.05, 0) is 41.8 Å². The third kappa shape index (κ3) is 3.29. The van der Waals surface area contributed by atoms with Gasteiger partial charge in [-0.3, -0.25) is 0 Å². The van der Waals surface area contributed by atoms with Crippen LogP contribution in [0.3, 0.4) is 0 Å². The van der Waals surface area contributed by atoms with Crippen LogP contribution >= 0.6 is 0 Å². The first-order chi connectivity index (χ1) is 9.06. The Morgan fingerprint density at radius 2 is 1.37 bits per heavy atom. The van der Waals surface area contributed by atoms with Crippen molar-refractivity contribution >= 4 is 0 Å². The highest BCUT2D eigenvalue weighted by molar-refractivity contribution is 5.49. The van der Waals surface area contributed by atoms with Gasteiger partial charge in [-0.15, -0.1) is 0 Å². The van der Waals surface area contributed by atoms with Crippen LogP contribution in [0.5, 0.6) is 11.5 Å². The Hall–Kier alpha value is -2.40. The molecule has 0 bridgehead atoms. The summed E-state index contributed by atoms with van der Waals surface area (Å²) in [6.45, 7) is 4.31. The zero-order valence-corrected chi connectivity index (χ0v) is 11.0. The van der Waals surface area contributed by atoms with Crippen LogP contribution in [-0.2, 0) is 0 Å². The molecule has 96 valence electrons. The molecule has 2 nitrogen and oxygen atoms in total. The van der Waals surface area contributed by atoms with Gasteiger partial charge in [0, 0.05) is 11.1 Å². The van der Waals surface area contributed by atoms with Gasteiger partial charge >= 0.3 is 0 Å². The minimum absolute atomic E-state index is 0.133. The van der Waals surface area contributed by atoms with E-state index in [0.29, 0.717) is 11.5 Å². The molecule has 0 aliphatic heterocycles. The Bertz CT molecular complexity index is 629. The topological polar surface area (TPSA) is 40.5 Å². The van der Waals surface area contributed by atoms with E-state index in [0.717, 1.165) is 5.56 Å². The molecule has 0 fully saturated rings. The second kappa shape index (κ2) is 5.49. The third-order valence-corrected chi connectivity index (χ3v) is 2.90. The maximum absolute atomic E-state index is 9.38. The number of phenols is 2. The Kier molecular flexibility index (Phi) is 3.77. The molecular weight excluding hydrogens is 236 g/mol. The van der Waals surface area contributed by atoms with Gasteiger partial charge in [0.1, 0.15) is 0 Å². The molecule has 2 aromatic carbocycles. The standard InChI is InChI=1S/C17H16O2/c1-12(2)15-8-5-13(6-9-15)3-4-14-7-10-16(18)17(19)11-14/h5-12,18-19H,1-2H3. The van der Waals surface area contributed by atoms with E-state index in [4.69, 9.17) is 0 Å². The number of phenolic OH excluding ortho intramolecular Hbond substituents is 2. The minimum atomic E-state index is -0.151. The van der Waals surface area contributed by atoms with Crippen LogP contribution in [0.4, 0.5) is 0 Å². The Labute approximate surface area is 113 Å². The van der Waals surface area contributed by atoms with Crippen molar-refractivity contribution in [2.45, 2.75) is 19.8 Å². The van der Waals surface area contributed by atoms with E-state index in [-0.39, 0.29) is 11.5 Å². The average molecular weight is 252 g/mol. The summed E-state index contributed by atoms with van der Waals surface area (Å²) in [5, 5.41) is 18.6. The van der Waals surface area contributed by atoms with E-state index in [1.807, 2.05) is 12.1 Å². The van der Waals surface area contributed by atoms with Crippen LogP contribution in [0.15, 0.2) is 42.5 Å². The molecule has 0 spiro atoms. The van der Waals surface area contributed by atoms with E-state index in [9.17, 15) is 10.2 Å². The molecule has 2 N–H and O–H groups in total. The number of rotatable bonds is 1. The van der Waals surface area contributed by atoms with Crippen molar-refractivity contribution in [1.82, 2.24) is 0 Å². The maximum Gasteiger partial charge on any atom is 0.158 e. The Balaban J connectivity index is 2.21. The fourth-order valence-electron chi connectivity index (χ4n) is 1.70. The van der Waals surface area contributed by atoms with Crippen molar-refractivity contribution in [3.63, 3.8) is 0 Å². The van der Waals surface area contributed by atoms with Crippen LogP contribution < -0.4 is 0 Å². The molecule has 2 aromatic rings. The van der Waals surface area contributed by atoms with E-state index in [2.05, 4.69) is 37.8 Å². The smallest absolute Gasteiger partial charge is 0.158 e. The van der Waals surface area contributed by atoms with Crippen LogP contribution in [0.25, 0.3) is 0 Å². The zero-order valence-electron chi connectivity index (χ0n) is 11.0. The van der Waals surface area contributed by atoms with Crippen LogP contribution in [0.2, 0.25) is 0 Å². The van der Waals surface area contributed by atoms with Crippen molar-refractivity contribution < 1.29 is 10.2 Å². The molecule has 0 saturated carbocycles. The molecule has 0 atom stereocenters. The molecule has 0 unspecified atom stereocenters. The lowest BCUT2D eigenvalue weighted by atomic mass is 10.0. The lowest BCUT2D eigenvalue weighted by molar-refractivity contribution is 0.403. The zero-order chi connectivity index (χ0) is 13.8. The Morgan fingerprint density at radius 3 is 1.95 bits per heavy atom. The van der Waals surface area contributed by atoms with Crippen LogP contribution in [-0.4, -0.2) is 10.2 Å². The SMILES string of the molecule is CC(C)c1ccc(C#Cc2ccc(O)c(O)c2)cc1. The lowest BCUT2D eigenvalue weighted by Gasteiger charge is -2.03. The molecule has 0 saturated heterocycles. The first-order valence-corrected chi connectivity index (χ1v) is 6.20. The molecule has 19 heavy (non-hydrogen) atoms. The van der Waals surface area contributed by atoms with Gasteiger partial charge < -0.3 is 10.2 Å². The van der Waals surface area contributed by atoms with Gasteiger partial charge in [-0.1, -0.05) is 37.8 Å². The molecule has 0 aliphatic carbocycles. The van der Waals surface area contributed by atoms with Crippen molar-refractivity contribution in [1.29, 1.82) is 0 Å². The predicted molar refractivity (Wildman–Crippen MR) is 76.3 cm³/mol. The monoisotopic (exact) mass is 252 g/mol. The summed E-state index contributed by atoms with van der Waals surface area (Å²) in [5.41, 5.74) is 2.88. The lowest BCUT2D eigenvalue weighted by Crippen LogP contribution is -1.86. The van der Waals surface area contributed by atoms with Crippen molar-refractivity contribution in [3.8, 4) is 23.3 Å². The maximum atomic E-state index is 9.38. The van der Waals surface area contributed by atoms with E-state index in [1.165, 1.54) is 17.7 Å². The Morgan fingerprint density at radius 1 is 0.789 bits per heavy atom. The van der Waals surface area contributed by atoms with Crippen molar-refractivity contribution in [3.05, 3.63) is 59.2 Å². The molecule has 0 radical (unpaired) electrons. The van der Waals surface area contributed by atoms with Gasteiger partial charge in [-0.2, -0.15) is 0 Å². The molecule has 0 heterocycles. The van der Waals surface area contributed by atoms with Crippen molar-refractivity contribution in [2.75, 3.05) is 0 Å². The average Bonchev–Trinajstić information content (AvgIpc) is 2.40. The van der Waals surface area contributed by atoms with Gasteiger partial charge in [0.25, 0.3) is 0 Å². The largest absolute Gasteiger partial charge is 0.504 e. The van der Waals surface area contributed by atoms with Crippen molar-refractivity contribution in [2.24, 2.45) is 0 Å². The first kappa shape index (κ1) is 13.0. The van der Waals surface area contributed by atoms with Crippen LogP contribution in [0.1, 0.15) is 36.5 Å². The summed E-state index contributed by atoms with van der Waals surface area (Å²) in [5.74, 6) is 6.21. The van der Waals surface area contributed by atoms with E-state index < -0.39 is 0 Å². The second-order valence-corrected chi connectivity index (χ2v) is 4.73. The van der Waals surface area contributed by atoms with Gasteiger partial charge in [-0.25, -0.2) is 0 Å². The predicted octanol–water partition coefficient (Wildman–Crippen LogP) is 3.62. The molecule has 2 heteroatoms. The summed E-state index contributed by atoms with van der Waals surface area (Å²) in [4.78, 5) is 0. The van der Waals surface area contributed by atoms with Gasteiger partial charge in [0.15, 0.2) is 11.5 Å². The highest BCUT2D eigenvalue weighted by atomic mass is 16.3. The summed E-state index contributed by atoms with van der Waals surface area (Å²) in [7, 11) is 0. The summed E-state index contributed by atoms with van der Waals surface area (Å²) in [6.07, 6.45) is 0. The molecule has 0 amide bonds. The first-order valence-electron chi connectivity index (χ1n) is 6.20. The fourth-order valence-corrected chi connectivity index (χ4v) is 1.70. The van der Waals surface area contributed by atoms with Crippen LogP contribution in [0, 0.1) is 11.8 Å². The van der Waals surface area contributed by atoms with Gasteiger partial charge in [0.05, 0.1) is 0 Å². The summed E-state index contributed by atoms with van der Waals surface area (Å²) < 4.78 is 0. The van der Waals surface area contributed by atoms with E-state index in [1.54, 1.807) is 6.07 Å². The summed E-state index contributed by atoms with van der Waals surface area (Å²) in [6, 6.07) is 12.7.